The van der Waals surface area contributed by atoms with Gasteiger partial charge in [-0.3, -0.25) is 14.5 Å². The number of hydrogen-bond donors (Lipinski definition) is 1. The molecule has 8 heteroatoms. The number of aryl methyl sites for hydroxylation is 2. The monoisotopic (exact) mass is 587 g/mol. The highest BCUT2D eigenvalue weighted by Crippen LogP contribution is 2.48. The zero-order chi connectivity index (χ0) is 30.1. The first-order valence-electron chi connectivity index (χ1n) is 15.3. The average Bonchev–Trinajstić information content (AvgIpc) is 3.75. The molecule has 3 aliphatic heterocycles. The quantitative estimate of drug-likeness (QED) is 0.293. The summed E-state index contributed by atoms with van der Waals surface area (Å²) >= 11 is 0. The minimum absolute atomic E-state index is 0.0724. The van der Waals surface area contributed by atoms with Gasteiger partial charge in [-0.1, -0.05) is 32.0 Å². The fourth-order valence-electron chi connectivity index (χ4n) is 7.14. The van der Waals surface area contributed by atoms with E-state index in [1.807, 2.05) is 49.1 Å². The number of carbonyl (C=O) groups is 2. The van der Waals surface area contributed by atoms with E-state index >= 15 is 0 Å². The van der Waals surface area contributed by atoms with Gasteiger partial charge in [0.05, 0.1) is 19.1 Å². The number of Topliss-reactive ketones (excluding diaryl/α,β-unsaturated/α-hetero) is 1. The van der Waals surface area contributed by atoms with Gasteiger partial charge in [0.2, 0.25) is 6.79 Å². The molecular formula is C35H38FNO6. The van der Waals surface area contributed by atoms with Crippen LogP contribution in [0.5, 0.6) is 17.2 Å². The summed E-state index contributed by atoms with van der Waals surface area (Å²) in [6.45, 7) is 5.39. The number of aliphatic carboxylic acids is 1. The lowest BCUT2D eigenvalue weighted by molar-refractivity contribution is -0.143. The molecule has 0 amide bonds. The molecule has 7 nitrogen and oxygen atoms in total. The third kappa shape index (κ3) is 5.85. The zero-order valence-electron chi connectivity index (χ0n) is 24.7. The topological polar surface area (TPSA) is 85.3 Å². The normalized spacial score (nSPS) is 20.7. The van der Waals surface area contributed by atoms with Gasteiger partial charge in [-0.2, -0.15) is 0 Å². The molecule has 43 heavy (non-hydrogen) atoms. The Hall–Kier alpha value is -3.91. The molecule has 3 heterocycles. The largest absolute Gasteiger partial charge is 0.493 e. The molecule has 6 rings (SSSR count). The smallest absolute Gasteiger partial charge is 0.309 e. The number of hydrogen-bond acceptors (Lipinski definition) is 6. The minimum atomic E-state index is -0.894. The van der Waals surface area contributed by atoms with Crippen LogP contribution >= 0.6 is 0 Å². The van der Waals surface area contributed by atoms with Crippen molar-refractivity contribution in [1.82, 2.24) is 4.90 Å². The molecule has 3 aromatic carbocycles. The number of ketones is 1. The van der Waals surface area contributed by atoms with Crippen LogP contribution in [0.1, 0.15) is 72.0 Å². The number of rotatable bonds is 11. The van der Waals surface area contributed by atoms with E-state index in [2.05, 4.69) is 6.07 Å². The second kappa shape index (κ2) is 12.4. The molecule has 0 radical (unpaired) electrons. The van der Waals surface area contributed by atoms with Crippen molar-refractivity contribution in [2.75, 3.05) is 26.5 Å². The standard InChI is InChI=1S/C35H38FNO6/c1-3-21-15-26(36)16-22(4-2)28(21)7-5-6-27(38)18-37-19-29(23-8-11-31-32(17-23)43-20-42-31)33(35(39)40)34(37)25-9-10-30-24(14-25)12-13-41-30/h8-11,14-17,29,33-34H,3-7,12-13,18-20H2,1-2H3,(H,39,40)/t29-,33-,34+/m1/s1. The summed E-state index contributed by atoms with van der Waals surface area (Å²) in [7, 11) is 0. The van der Waals surface area contributed by atoms with E-state index in [4.69, 9.17) is 14.2 Å². The number of carboxylic acid groups (broad SMARTS) is 1. The lowest BCUT2D eigenvalue weighted by Crippen LogP contribution is -2.32. The van der Waals surface area contributed by atoms with E-state index in [9.17, 15) is 19.1 Å². The van der Waals surface area contributed by atoms with E-state index in [0.717, 1.165) is 58.4 Å². The molecule has 1 N–H and O–H groups in total. The summed E-state index contributed by atoms with van der Waals surface area (Å²) in [5.74, 6) is -0.0349. The minimum Gasteiger partial charge on any atom is -0.493 e. The summed E-state index contributed by atoms with van der Waals surface area (Å²) < 4.78 is 30.9. The number of likely N-dealkylation sites (tertiary alicyclic amines) is 1. The van der Waals surface area contributed by atoms with Crippen LogP contribution in [-0.2, 0) is 35.3 Å². The molecule has 0 bridgehead atoms. The Bertz CT molecular complexity index is 1510. The first-order valence-corrected chi connectivity index (χ1v) is 15.3. The van der Waals surface area contributed by atoms with Crippen LogP contribution in [0.2, 0.25) is 0 Å². The number of nitrogens with zero attached hydrogens (tertiary/aromatic N) is 1. The van der Waals surface area contributed by atoms with Crippen molar-refractivity contribution in [3.8, 4) is 17.2 Å². The Morgan fingerprint density at radius 2 is 1.65 bits per heavy atom. The maximum absolute atomic E-state index is 14.1. The van der Waals surface area contributed by atoms with Crippen LogP contribution in [0, 0.1) is 11.7 Å². The van der Waals surface area contributed by atoms with E-state index in [-0.39, 0.29) is 30.9 Å². The third-order valence-electron chi connectivity index (χ3n) is 9.19. The molecule has 1 saturated heterocycles. The van der Waals surface area contributed by atoms with Gasteiger partial charge in [-0.05, 0) is 89.4 Å². The molecule has 0 unspecified atom stereocenters. The van der Waals surface area contributed by atoms with E-state index in [0.29, 0.717) is 43.9 Å². The van der Waals surface area contributed by atoms with Crippen molar-refractivity contribution in [3.63, 3.8) is 0 Å². The van der Waals surface area contributed by atoms with Crippen molar-refractivity contribution in [2.24, 2.45) is 5.92 Å². The third-order valence-corrected chi connectivity index (χ3v) is 9.19. The molecular weight excluding hydrogens is 549 g/mol. The van der Waals surface area contributed by atoms with Crippen LogP contribution < -0.4 is 14.2 Å². The molecule has 0 saturated carbocycles. The summed E-state index contributed by atoms with van der Waals surface area (Å²) in [6, 6.07) is 14.3. The van der Waals surface area contributed by atoms with Crippen molar-refractivity contribution in [3.05, 3.63) is 87.7 Å². The van der Waals surface area contributed by atoms with Crippen LogP contribution in [0.15, 0.2) is 48.5 Å². The maximum Gasteiger partial charge on any atom is 0.309 e. The predicted molar refractivity (Wildman–Crippen MR) is 159 cm³/mol. The Kier molecular flexibility index (Phi) is 8.39. The molecule has 3 atom stereocenters. The van der Waals surface area contributed by atoms with E-state index in [1.165, 1.54) is 0 Å². The fraction of sp³-hybridized carbons (Fsp3) is 0.429. The SMILES string of the molecule is CCc1cc(F)cc(CC)c1CCCC(=O)CN1C[C@H](c2ccc3c(c2)OCO3)[C@@H](C(=O)O)[C@@H]1c1ccc2c(c1)CCO2. The van der Waals surface area contributed by atoms with Crippen LogP contribution in [-0.4, -0.2) is 48.2 Å². The van der Waals surface area contributed by atoms with E-state index in [1.54, 1.807) is 12.1 Å². The van der Waals surface area contributed by atoms with Crippen LogP contribution in [0.25, 0.3) is 0 Å². The van der Waals surface area contributed by atoms with Crippen molar-refractivity contribution < 1.29 is 33.3 Å². The Morgan fingerprint density at radius 1 is 0.930 bits per heavy atom. The zero-order valence-corrected chi connectivity index (χ0v) is 24.7. The van der Waals surface area contributed by atoms with Gasteiger partial charge in [0.15, 0.2) is 11.5 Å². The highest BCUT2D eigenvalue weighted by Gasteiger charge is 2.48. The van der Waals surface area contributed by atoms with Crippen molar-refractivity contribution in [2.45, 2.75) is 64.3 Å². The lowest BCUT2D eigenvalue weighted by atomic mass is 9.82. The molecule has 3 aromatic rings. The summed E-state index contributed by atoms with van der Waals surface area (Å²) in [5.41, 5.74) is 5.96. The van der Waals surface area contributed by atoms with Gasteiger partial charge < -0.3 is 19.3 Å². The van der Waals surface area contributed by atoms with Crippen LogP contribution in [0.4, 0.5) is 4.39 Å². The summed E-state index contributed by atoms with van der Waals surface area (Å²) in [4.78, 5) is 28.4. The Balaban J connectivity index is 1.24. The highest BCUT2D eigenvalue weighted by atomic mass is 19.1. The van der Waals surface area contributed by atoms with E-state index < -0.39 is 17.9 Å². The van der Waals surface area contributed by atoms with Gasteiger partial charge >= 0.3 is 5.97 Å². The number of carbonyl (C=O) groups excluding carboxylic acids is 1. The first kappa shape index (κ1) is 29.2. The number of fused-ring (bicyclic) bond motifs is 2. The summed E-state index contributed by atoms with van der Waals surface area (Å²) in [5, 5.41) is 10.6. The second-order valence-corrected chi connectivity index (χ2v) is 11.7. The van der Waals surface area contributed by atoms with Gasteiger partial charge in [-0.25, -0.2) is 4.39 Å². The Labute approximate surface area is 251 Å². The van der Waals surface area contributed by atoms with Gasteiger partial charge in [0.1, 0.15) is 17.3 Å². The molecule has 0 spiro atoms. The maximum atomic E-state index is 14.1. The second-order valence-electron chi connectivity index (χ2n) is 11.7. The molecule has 0 aliphatic carbocycles. The number of halogens is 1. The predicted octanol–water partition coefficient (Wildman–Crippen LogP) is 6.05. The van der Waals surface area contributed by atoms with Gasteiger partial charge in [0, 0.05) is 31.3 Å². The summed E-state index contributed by atoms with van der Waals surface area (Å²) in [6.07, 6.45) is 4.01. The molecule has 226 valence electrons. The number of carboxylic acids is 1. The molecule has 0 aromatic heterocycles. The number of benzene rings is 3. The Morgan fingerprint density at radius 3 is 2.40 bits per heavy atom. The fourth-order valence-corrected chi connectivity index (χ4v) is 7.14. The lowest BCUT2D eigenvalue weighted by Gasteiger charge is -2.27. The first-order chi connectivity index (χ1) is 20.9. The van der Waals surface area contributed by atoms with Crippen LogP contribution in [0.3, 0.4) is 0 Å². The highest BCUT2D eigenvalue weighted by molar-refractivity contribution is 5.81. The van der Waals surface area contributed by atoms with Gasteiger partial charge in [0.25, 0.3) is 0 Å². The number of ether oxygens (including phenoxy) is 3. The van der Waals surface area contributed by atoms with Crippen molar-refractivity contribution >= 4 is 11.8 Å². The van der Waals surface area contributed by atoms with Gasteiger partial charge in [-0.15, -0.1) is 0 Å². The van der Waals surface area contributed by atoms with Crippen molar-refractivity contribution in [1.29, 1.82) is 0 Å². The molecule has 3 aliphatic rings. The molecule has 1 fully saturated rings. The average molecular weight is 588 g/mol.